The number of nitrogens with zero attached hydrogens (tertiary/aromatic N) is 2. The van der Waals surface area contributed by atoms with Crippen molar-refractivity contribution in [1.29, 1.82) is 0 Å². The van der Waals surface area contributed by atoms with Gasteiger partial charge in [0.1, 0.15) is 5.82 Å². The summed E-state index contributed by atoms with van der Waals surface area (Å²) in [6, 6.07) is 17.9. The maximum Gasteiger partial charge on any atom is 0.222 e. The predicted octanol–water partition coefficient (Wildman–Crippen LogP) is 4.52. The van der Waals surface area contributed by atoms with Crippen LogP contribution in [0.4, 0.5) is 11.8 Å². The summed E-state index contributed by atoms with van der Waals surface area (Å²) in [7, 11) is 0. The van der Waals surface area contributed by atoms with Crippen LogP contribution in [0, 0.1) is 0 Å². The monoisotopic (exact) mass is 363 g/mol. The molecule has 0 aliphatic carbocycles. The summed E-state index contributed by atoms with van der Waals surface area (Å²) >= 11 is 5.92. The van der Waals surface area contributed by atoms with Crippen LogP contribution in [0.5, 0.6) is 0 Å². The number of nitrogens with one attached hydrogen (secondary N) is 2. The van der Waals surface area contributed by atoms with Gasteiger partial charge in [-0.05, 0) is 36.2 Å². The Labute approximate surface area is 156 Å². The van der Waals surface area contributed by atoms with Gasteiger partial charge in [0, 0.05) is 40.3 Å². The molecular formula is C20H18ClN5. The smallest absolute Gasteiger partial charge is 0.222 e. The second kappa shape index (κ2) is 7.06. The Morgan fingerprint density at radius 1 is 1.04 bits per heavy atom. The summed E-state index contributed by atoms with van der Waals surface area (Å²) in [4.78, 5) is 11.9. The van der Waals surface area contributed by atoms with E-state index in [1.807, 2.05) is 60.8 Å². The fourth-order valence-corrected chi connectivity index (χ4v) is 3.12. The maximum absolute atomic E-state index is 5.93. The van der Waals surface area contributed by atoms with E-state index in [1.165, 1.54) is 5.56 Å². The number of halogens is 1. The zero-order chi connectivity index (χ0) is 17.9. The highest BCUT2D eigenvalue weighted by Gasteiger charge is 2.09. The van der Waals surface area contributed by atoms with E-state index in [-0.39, 0.29) is 5.95 Å². The van der Waals surface area contributed by atoms with Crippen molar-refractivity contribution in [2.24, 2.45) is 0 Å². The van der Waals surface area contributed by atoms with Crippen LogP contribution in [0.1, 0.15) is 5.56 Å². The number of anilines is 2. The minimum absolute atomic E-state index is 0.254. The second-order valence-corrected chi connectivity index (χ2v) is 6.48. The van der Waals surface area contributed by atoms with Crippen molar-refractivity contribution >= 4 is 34.3 Å². The third-order valence-corrected chi connectivity index (χ3v) is 4.50. The largest absolute Gasteiger partial charge is 0.370 e. The molecule has 26 heavy (non-hydrogen) atoms. The quantitative estimate of drug-likeness (QED) is 0.487. The lowest BCUT2D eigenvalue weighted by atomic mass is 10.1. The number of aromatic nitrogens is 3. The van der Waals surface area contributed by atoms with Crippen molar-refractivity contribution in [3.8, 4) is 11.3 Å². The molecule has 130 valence electrons. The Balaban J connectivity index is 1.54. The van der Waals surface area contributed by atoms with E-state index in [4.69, 9.17) is 17.3 Å². The zero-order valence-corrected chi connectivity index (χ0v) is 14.8. The van der Waals surface area contributed by atoms with Gasteiger partial charge in [-0.25, -0.2) is 4.98 Å². The Kier molecular flexibility index (Phi) is 4.46. The SMILES string of the molecule is Nc1nc(NCCc2ccc(Cl)cc2)cc(-c2cccc3[nH]ccc23)n1. The molecule has 4 aromatic rings. The summed E-state index contributed by atoms with van der Waals surface area (Å²) in [5, 5.41) is 5.18. The fourth-order valence-electron chi connectivity index (χ4n) is 2.99. The standard InChI is InChI=1S/C20H18ClN5/c21-14-6-4-13(5-7-14)8-10-24-19-12-18(25-20(22)26-19)15-2-1-3-17-16(15)9-11-23-17/h1-7,9,11-12,23H,8,10H2,(H3,22,24,25,26). The Hall–Kier alpha value is -3.05. The van der Waals surface area contributed by atoms with Gasteiger partial charge in [0.15, 0.2) is 0 Å². The number of rotatable bonds is 5. The third-order valence-electron chi connectivity index (χ3n) is 4.25. The van der Waals surface area contributed by atoms with Crippen LogP contribution < -0.4 is 11.1 Å². The summed E-state index contributed by atoms with van der Waals surface area (Å²) in [5.41, 5.74) is 10.0. The molecule has 0 atom stereocenters. The molecule has 5 nitrogen and oxygen atoms in total. The molecular weight excluding hydrogens is 346 g/mol. The Morgan fingerprint density at radius 3 is 2.73 bits per heavy atom. The highest BCUT2D eigenvalue weighted by Crippen LogP contribution is 2.28. The van der Waals surface area contributed by atoms with E-state index in [0.29, 0.717) is 5.82 Å². The summed E-state index contributed by atoms with van der Waals surface area (Å²) in [6.45, 7) is 0.742. The van der Waals surface area contributed by atoms with E-state index in [0.717, 1.165) is 40.1 Å². The van der Waals surface area contributed by atoms with E-state index in [2.05, 4.69) is 20.3 Å². The van der Waals surface area contributed by atoms with Gasteiger partial charge < -0.3 is 16.0 Å². The number of hydrogen-bond donors (Lipinski definition) is 3. The average Bonchev–Trinajstić information content (AvgIpc) is 3.12. The first-order chi connectivity index (χ1) is 12.7. The summed E-state index contributed by atoms with van der Waals surface area (Å²) in [5.74, 6) is 0.970. The van der Waals surface area contributed by atoms with E-state index in [9.17, 15) is 0 Å². The highest BCUT2D eigenvalue weighted by molar-refractivity contribution is 6.30. The summed E-state index contributed by atoms with van der Waals surface area (Å²) < 4.78 is 0. The van der Waals surface area contributed by atoms with Crippen molar-refractivity contribution in [2.45, 2.75) is 6.42 Å². The molecule has 2 aromatic carbocycles. The second-order valence-electron chi connectivity index (χ2n) is 6.04. The van der Waals surface area contributed by atoms with Crippen LogP contribution in [0.2, 0.25) is 5.02 Å². The lowest BCUT2D eigenvalue weighted by Crippen LogP contribution is -2.08. The molecule has 0 saturated heterocycles. The fraction of sp³-hybridized carbons (Fsp3) is 0.100. The molecule has 2 heterocycles. The molecule has 0 amide bonds. The number of fused-ring (bicyclic) bond motifs is 1. The number of aromatic amines is 1. The van der Waals surface area contributed by atoms with Gasteiger partial charge in [0.25, 0.3) is 0 Å². The molecule has 0 spiro atoms. The molecule has 0 bridgehead atoms. The van der Waals surface area contributed by atoms with Crippen LogP contribution in [-0.2, 0) is 6.42 Å². The molecule has 0 aliphatic rings. The van der Waals surface area contributed by atoms with Crippen molar-refractivity contribution in [3.63, 3.8) is 0 Å². The number of nitrogen functional groups attached to an aromatic ring is 1. The van der Waals surface area contributed by atoms with Gasteiger partial charge in [0.05, 0.1) is 5.69 Å². The molecule has 0 fully saturated rings. The first kappa shape index (κ1) is 16.4. The minimum atomic E-state index is 0.254. The Morgan fingerprint density at radius 2 is 1.88 bits per heavy atom. The van der Waals surface area contributed by atoms with E-state index < -0.39 is 0 Å². The maximum atomic E-state index is 5.93. The first-order valence-corrected chi connectivity index (χ1v) is 8.76. The molecule has 4 N–H and O–H groups in total. The topological polar surface area (TPSA) is 79.6 Å². The van der Waals surface area contributed by atoms with Gasteiger partial charge in [-0.3, -0.25) is 0 Å². The summed E-state index contributed by atoms with van der Waals surface area (Å²) in [6.07, 6.45) is 2.79. The highest BCUT2D eigenvalue weighted by atomic mass is 35.5. The van der Waals surface area contributed by atoms with Crippen LogP contribution in [-0.4, -0.2) is 21.5 Å². The minimum Gasteiger partial charge on any atom is -0.370 e. The predicted molar refractivity (Wildman–Crippen MR) is 107 cm³/mol. The number of H-pyrrole nitrogens is 1. The zero-order valence-electron chi connectivity index (χ0n) is 14.0. The Bertz CT molecular complexity index is 1040. The molecule has 4 rings (SSSR count). The molecule has 0 unspecified atom stereocenters. The average molecular weight is 364 g/mol. The van der Waals surface area contributed by atoms with Crippen LogP contribution in [0.15, 0.2) is 60.8 Å². The third kappa shape index (κ3) is 3.48. The molecule has 0 saturated carbocycles. The van der Waals surface area contributed by atoms with Gasteiger partial charge in [-0.1, -0.05) is 35.9 Å². The van der Waals surface area contributed by atoms with Gasteiger partial charge in [-0.15, -0.1) is 0 Å². The number of hydrogen-bond acceptors (Lipinski definition) is 4. The van der Waals surface area contributed by atoms with Crippen molar-refractivity contribution in [2.75, 3.05) is 17.6 Å². The van der Waals surface area contributed by atoms with Crippen LogP contribution >= 0.6 is 11.6 Å². The molecule has 6 heteroatoms. The number of nitrogens with two attached hydrogens (primary N) is 1. The lowest BCUT2D eigenvalue weighted by molar-refractivity contribution is 1.00. The van der Waals surface area contributed by atoms with Crippen LogP contribution in [0.3, 0.4) is 0 Å². The molecule has 2 aromatic heterocycles. The van der Waals surface area contributed by atoms with Gasteiger partial charge >= 0.3 is 0 Å². The lowest BCUT2D eigenvalue weighted by Gasteiger charge is -2.09. The van der Waals surface area contributed by atoms with Gasteiger partial charge in [0.2, 0.25) is 5.95 Å². The van der Waals surface area contributed by atoms with E-state index >= 15 is 0 Å². The van der Waals surface area contributed by atoms with E-state index in [1.54, 1.807) is 0 Å². The van der Waals surface area contributed by atoms with Crippen molar-refractivity contribution in [3.05, 3.63) is 71.4 Å². The van der Waals surface area contributed by atoms with Gasteiger partial charge in [-0.2, -0.15) is 4.98 Å². The number of benzene rings is 2. The van der Waals surface area contributed by atoms with Crippen molar-refractivity contribution in [1.82, 2.24) is 15.0 Å². The van der Waals surface area contributed by atoms with Crippen molar-refractivity contribution < 1.29 is 0 Å². The molecule has 0 radical (unpaired) electrons. The molecule has 0 aliphatic heterocycles. The van der Waals surface area contributed by atoms with Crippen LogP contribution in [0.25, 0.3) is 22.2 Å². The normalized spacial score (nSPS) is 11.0. The first-order valence-electron chi connectivity index (χ1n) is 8.38.